The molecule has 1 aromatic heterocycles. The monoisotopic (exact) mass is 410 g/mol. The molecule has 1 amide bonds. The van der Waals surface area contributed by atoms with Gasteiger partial charge >= 0.3 is 0 Å². The van der Waals surface area contributed by atoms with Crippen molar-refractivity contribution < 1.29 is 9.53 Å². The minimum Gasteiger partial charge on any atom is -0.486 e. The molecule has 152 valence electrons. The van der Waals surface area contributed by atoms with Crippen LogP contribution in [0.1, 0.15) is 29.4 Å². The molecule has 1 heterocycles. The number of aryl methyl sites for hydroxylation is 3. The molecule has 1 N–H and O–H groups in total. The molecular formula is C22H26N4O2S. The second kappa shape index (κ2) is 9.60. The first-order chi connectivity index (χ1) is 14.0. The summed E-state index contributed by atoms with van der Waals surface area (Å²) in [6.07, 6.45) is 0.873. The van der Waals surface area contributed by atoms with Gasteiger partial charge in [-0.25, -0.2) is 0 Å². The Balaban J connectivity index is 1.57. The van der Waals surface area contributed by atoms with Crippen LogP contribution in [-0.4, -0.2) is 26.4 Å². The highest BCUT2D eigenvalue weighted by atomic mass is 32.2. The minimum atomic E-state index is -0.0560. The first-order valence-electron chi connectivity index (χ1n) is 9.56. The average molecular weight is 411 g/mol. The molecule has 0 aliphatic heterocycles. The zero-order valence-electron chi connectivity index (χ0n) is 17.2. The van der Waals surface area contributed by atoms with Crippen molar-refractivity contribution in [1.29, 1.82) is 0 Å². The van der Waals surface area contributed by atoms with Crippen molar-refractivity contribution in [1.82, 2.24) is 14.8 Å². The van der Waals surface area contributed by atoms with Crippen molar-refractivity contribution in [3.63, 3.8) is 0 Å². The van der Waals surface area contributed by atoms with E-state index in [1.807, 2.05) is 67.9 Å². The quantitative estimate of drug-likeness (QED) is 0.561. The lowest BCUT2D eigenvalue weighted by atomic mass is 10.1. The normalized spacial score (nSPS) is 10.8. The van der Waals surface area contributed by atoms with Gasteiger partial charge in [0.25, 0.3) is 0 Å². The van der Waals surface area contributed by atoms with Gasteiger partial charge in [-0.15, -0.1) is 10.2 Å². The molecule has 29 heavy (non-hydrogen) atoms. The van der Waals surface area contributed by atoms with E-state index in [9.17, 15) is 4.79 Å². The Morgan fingerprint density at radius 1 is 1.17 bits per heavy atom. The number of nitrogens with one attached hydrogen (secondary N) is 1. The number of hydrogen-bond acceptors (Lipinski definition) is 5. The van der Waals surface area contributed by atoms with E-state index in [1.165, 1.54) is 11.8 Å². The van der Waals surface area contributed by atoms with Crippen LogP contribution in [0.25, 0.3) is 0 Å². The number of anilines is 1. The number of carbonyl (C=O) groups is 1. The summed E-state index contributed by atoms with van der Waals surface area (Å²) in [4.78, 5) is 12.5. The Morgan fingerprint density at radius 3 is 2.72 bits per heavy atom. The molecule has 0 atom stereocenters. The fourth-order valence-electron chi connectivity index (χ4n) is 2.96. The van der Waals surface area contributed by atoms with Crippen LogP contribution in [0, 0.1) is 13.8 Å². The van der Waals surface area contributed by atoms with Crippen molar-refractivity contribution >= 4 is 23.4 Å². The van der Waals surface area contributed by atoms with Crippen molar-refractivity contribution in [3.8, 4) is 5.75 Å². The zero-order valence-corrected chi connectivity index (χ0v) is 18.0. The number of benzene rings is 2. The Hall–Kier alpha value is -2.80. The Morgan fingerprint density at radius 2 is 1.97 bits per heavy atom. The summed E-state index contributed by atoms with van der Waals surface area (Å²) in [6.45, 7) is 6.43. The van der Waals surface area contributed by atoms with E-state index in [0.717, 1.165) is 34.5 Å². The van der Waals surface area contributed by atoms with Gasteiger partial charge in [0.2, 0.25) is 5.91 Å². The summed E-state index contributed by atoms with van der Waals surface area (Å²) in [5.74, 6) is 1.72. The number of nitrogens with zero attached hydrogens (tertiary/aromatic N) is 3. The number of rotatable bonds is 8. The van der Waals surface area contributed by atoms with E-state index in [4.69, 9.17) is 4.74 Å². The van der Waals surface area contributed by atoms with Crippen molar-refractivity contribution in [3.05, 3.63) is 65.0 Å². The molecular weight excluding hydrogens is 384 g/mol. The average Bonchev–Trinajstić information content (AvgIpc) is 3.06. The second-order valence-corrected chi connectivity index (χ2v) is 7.80. The predicted octanol–water partition coefficient (Wildman–Crippen LogP) is 4.30. The fraction of sp³-hybridized carbons (Fsp3) is 0.318. The van der Waals surface area contributed by atoms with E-state index < -0.39 is 0 Å². The smallest absolute Gasteiger partial charge is 0.234 e. The van der Waals surface area contributed by atoms with Gasteiger partial charge in [0.05, 0.1) is 5.75 Å². The molecule has 6 nitrogen and oxygen atoms in total. The number of para-hydroxylation sites is 1. The van der Waals surface area contributed by atoms with Crippen LogP contribution in [0.5, 0.6) is 5.75 Å². The van der Waals surface area contributed by atoms with E-state index in [1.54, 1.807) is 0 Å². The van der Waals surface area contributed by atoms with E-state index in [-0.39, 0.29) is 11.7 Å². The third-order valence-electron chi connectivity index (χ3n) is 4.62. The number of carbonyl (C=O) groups excluding carboxylic acids is 1. The predicted molar refractivity (Wildman–Crippen MR) is 116 cm³/mol. The fourth-order valence-corrected chi connectivity index (χ4v) is 3.69. The molecule has 0 spiro atoms. The Labute approximate surface area is 175 Å². The van der Waals surface area contributed by atoms with Gasteiger partial charge in [-0.05, 0) is 49.1 Å². The lowest BCUT2D eigenvalue weighted by Crippen LogP contribution is -2.16. The molecule has 3 rings (SSSR count). The maximum atomic E-state index is 12.5. The molecule has 3 aromatic rings. The molecule has 0 radical (unpaired) electrons. The number of hydrogen-bond donors (Lipinski definition) is 1. The highest BCUT2D eigenvalue weighted by molar-refractivity contribution is 7.99. The lowest BCUT2D eigenvalue weighted by Gasteiger charge is -2.12. The minimum absolute atomic E-state index is 0.0560. The van der Waals surface area contributed by atoms with Crippen LogP contribution < -0.4 is 10.1 Å². The zero-order chi connectivity index (χ0) is 20.8. The molecule has 0 aliphatic rings. The van der Waals surface area contributed by atoms with E-state index in [0.29, 0.717) is 17.6 Å². The SMILES string of the molecule is CCc1cccc(C)c1NC(=O)CSc1nnc(COc2cccc(C)c2)n1C. The van der Waals surface area contributed by atoms with Crippen molar-refractivity contribution in [2.75, 3.05) is 11.1 Å². The van der Waals surface area contributed by atoms with Gasteiger partial charge in [-0.1, -0.05) is 49.0 Å². The first kappa shape index (κ1) is 20.9. The summed E-state index contributed by atoms with van der Waals surface area (Å²) in [6, 6.07) is 13.9. The van der Waals surface area contributed by atoms with E-state index in [2.05, 4.69) is 22.4 Å². The highest BCUT2D eigenvalue weighted by Crippen LogP contribution is 2.22. The largest absolute Gasteiger partial charge is 0.486 e. The third-order valence-corrected chi connectivity index (χ3v) is 5.64. The highest BCUT2D eigenvalue weighted by Gasteiger charge is 2.14. The van der Waals surface area contributed by atoms with Crippen LogP contribution >= 0.6 is 11.8 Å². The Bertz CT molecular complexity index is 1000. The van der Waals surface area contributed by atoms with Crippen molar-refractivity contribution in [2.24, 2.45) is 7.05 Å². The Kier molecular flexibility index (Phi) is 6.93. The maximum Gasteiger partial charge on any atom is 0.234 e. The number of ether oxygens (including phenoxy) is 1. The molecule has 0 saturated carbocycles. The summed E-state index contributed by atoms with van der Waals surface area (Å²) < 4.78 is 7.66. The molecule has 2 aromatic carbocycles. The van der Waals surface area contributed by atoms with E-state index >= 15 is 0 Å². The van der Waals surface area contributed by atoms with Gasteiger partial charge in [-0.2, -0.15) is 0 Å². The maximum absolute atomic E-state index is 12.5. The standard InChI is InChI=1S/C22H26N4O2S/c1-5-17-10-7-9-16(3)21(17)23-20(27)14-29-22-25-24-19(26(22)4)13-28-18-11-6-8-15(2)12-18/h6-12H,5,13-14H2,1-4H3,(H,23,27). The molecule has 0 fully saturated rings. The van der Waals surface area contributed by atoms with Crippen molar-refractivity contribution in [2.45, 2.75) is 39.0 Å². The lowest BCUT2D eigenvalue weighted by molar-refractivity contribution is -0.113. The van der Waals surface area contributed by atoms with Gasteiger partial charge < -0.3 is 14.6 Å². The summed E-state index contributed by atoms with van der Waals surface area (Å²) >= 11 is 1.36. The number of thioether (sulfide) groups is 1. The van der Waals surface area contributed by atoms with Crippen LogP contribution in [0.3, 0.4) is 0 Å². The van der Waals surface area contributed by atoms with Gasteiger partial charge in [-0.3, -0.25) is 4.79 Å². The third kappa shape index (κ3) is 5.38. The van der Waals surface area contributed by atoms with Gasteiger partial charge in [0, 0.05) is 12.7 Å². The van der Waals surface area contributed by atoms with Crippen LogP contribution in [0.15, 0.2) is 47.6 Å². The summed E-state index contributed by atoms with van der Waals surface area (Å²) in [5.41, 5.74) is 4.25. The molecule has 7 heteroatoms. The second-order valence-electron chi connectivity index (χ2n) is 6.86. The molecule has 0 aliphatic carbocycles. The molecule has 0 bridgehead atoms. The number of aromatic nitrogens is 3. The topological polar surface area (TPSA) is 69.0 Å². The van der Waals surface area contributed by atoms with Gasteiger partial charge in [0.15, 0.2) is 11.0 Å². The summed E-state index contributed by atoms with van der Waals surface area (Å²) in [5, 5.41) is 12.1. The molecule has 0 saturated heterocycles. The van der Waals surface area contributed by atoms with Gasteiger partial charge in [0.1, 0.15) is 12.4 Å². The summed E-state index contributed by atoms with van der Waals surface area (Å²) in [7, 11) is 1.88. The van der Waals surface area contributed by atoms with Crippen LogP contribution in [0.4, 0.5) is 5.69 Å². The molecule has 0 unspecified atom stereocenters. The first-order valence-corrected chi connectivity index (χ1v) is 10.6. The number of amides is 1. The van der Waals surface area contributed by atoms with Crippen LogP contribution in [-0.2, 0) is 24.9 Å². The van der Waals surface area contributed by atoms with Crippen LogP contribution in [0.2, 0.25) is 0 Å².